The van der Waals surface area contributed by atoms with Crippen LogP contribution in [-0.4, -0.2) is 0 Å². The maximum atomic E-state index is 6.78. The lowest BCUT2D eigenvalue weighted by Gasteiger charge is -2.35. The third-order valence-corrected chi connectivity index (χ3v) is 5.83. The largest absolute Gasteiger partial charge is 0.318 e. The predicted octanol–water partition coefficient (Wildman–Crippen LogP) is 3.70. The van der Waals surface area contributed by atoms with Crippen molar-refractivity contribution >= 4 is 0 Å². The first-order valence-electron chi connectivity index (χ1n) is 9.50. The Bertz CT molecular complexity index is 786. The Morgan fingerprint density at radius 2 is 0.778 bits per heavy atom. The molecule has 0 radical (unpaired) electrons. The molecule has 138 valence electrons. The number of hydrogen-bond acceptors (Lipinski definition) is 3. The Morgan fingerprint density at radius 3 is 1.00 bits per heavy atom. The van der Waals surface area contributed by atoms with Crippen LogP contribution < -0.4 is 17.2 Å². The molecule has 0 heterocycles. The number of nitrogens with two attached hydrogens (primary N) is 3. The minimum Gasteiger partial charge on any atom is -0.318 e. The first-order valence-corrected chi connectivity index (χ1v) is 9.50. The highest BCUT2D eigenvalue weighted by Crippen LogP contribution is 2.37. The van der Waals surface area contributed by atoms with E-state index < -0.39 is 16.6 Å². The van der Waals surface area contributed by atoms with Gasteiger partial charge in [0, 0.05) is 0 Å². The molecular formula is C24H27N3. The molecule has 0 saturated carbocycles. The van der Waals surface area contributed by atoms with Gasteiger partial charge in [0.1, 0.15) is 0 Å². The van der Waals surface area contributed by atoms with E-state index in [1.807, 2.05) is 36.5 Å². The number of allylic oxidation sites excluding steroid dienone is 6. The van der Waals surface area contributed by atoms with E-state index >= 15 is 0 Å². The van der Waals surface area contributed by atoms with Gasteiger partial charge in [0.25, 0.3) is 0 Å². The van der Waals surface area contributed by atoms with Crippen LogP contribution in [0.3, 0.4) is 0 Å². The summed E-state index contributed by atoms with van der Waals surface area (Å²) < 4.78 is 0. The topological polar surface area (TPSA) is 78.1 Å². The summed E-state index contributed by atoms with van der Waals surface area (Å²) in [5.41, 5.74) is 21.9. The van der Waals surface area contributed by atoms with E-state index in [1.165, 1.54) is 0 Å². The van der Waals surface area contributed by atoms with Crippen LogP contribution in [0.1, 0.15) is 36.0 Å². The van der Waals surface area contributed by atoms with Crippen LogP contribution in [-0.2, 0) is 16.6 Å². The van der Waals surface area contributed by atoms with Crippen LogP contribution in [0.15, 0.2) is 91.1 Å². The van der Waals surface area contributed by atoms with Crippen molar-refractivity contribution in [2.75, 3.05) is 0 Å². The second-order valence-corrected chi connectivity index (χ2v) is 7.89. The molecule has 0 bridgehead atoms. The molecule has 0 aromatic heterocycles. The lowest BCUT2D eigenvalue weighted by atomic mass is 9.75. The highest BCUT2D eigenvalue weighted by molar-refractivity contribution is 5.48. The van der Waals surface area contributed by atoms with Crippen molar-refractivity contribution in [3.8, 4) is 0 Å². The predicted molar refractivity (Wildman–Crippen MR) is 113 cm³/mol. The fourth-order valence-electron chi connectivity index (χ4n) is 3.99. The van der Waals surface area contributed by atoms with E-state index in [0.29, 0.717) is 0 Å². The molecule has 0 spiro atoms. The SMILES string of the molecule is NC1(c2cc(C3(N)C=CC=CC3)cc(C3(N)C=CC=CC3)c2)C=CC=CC1. The molecule has 0 aliphatic heterocycles. The summed E-state index contributed by atoms with van der Waals surface area (Å²) in [6.07, 6.45) is 26.9. The molecular weight excluding hydrogens is 330 g/mol. The lowest BCUT2D eigenvalue weighted by Crippen LogP contribution is -2.40. The molecule has 1 aromatic carbocycles. The van der Waals surface area contributed by atoms with Crippen LogP contribution in [0, 0.1) is 0 Å². The Labute approximate surface area is 161 Å². The van der Waals surface area contributed by atoms with Gasteiger partial charge >= 0.3 is 0 Å². The van der Waals surface area contributed by atoms with Crippen LogP contribution in [0.25, 0.3) is 0 Å². The van der Waals surface area contributed by atoms with E-state index in [9.17, 15) is 0 Å². The molecule has 3 nitrogen and oxygen atoms in total. The number of benzene rings is 1. The van der Waals surface area contributed by atoms with E-state index in [-0.39, 0.29) is 0 Å². The molecule has 4 rings (SSSR count). The van der Waals surface area contributed by atoms with Crippen molar-refractivity contribution in [1.82, 2.24) is 0 Å². The summed E-state index contributed by atoms with van der Waals surface area (Å²) in [6, 6.07) is 6.46. The zero-order valence-corrected chi connectivity index (χ0v) is 15.5. The second-order valence-electron chi connectivity index (χ2n) is 7.89. The van der Waals surface area contributed by atoms with Gasteiger partial charge in [0.05, 0.1) is 16.6 Å². The molecule has 27 heavy (non-hydrogen) atoms. The Morgan fingerprint density at radius 1 is 0.481 bits per heavy atom. The van der Waals surface area contributed by atoms with Gasteiger partial charge in [-0.2, -0.15) is 0 Å². The summed E-state index contributed by atoms with van der Waals surface area (Å²) in [5, 5.41) is 0. The minimum absolute atomic E-state index is 0.547. The van der Waals surface area contributed by atoms with Crippen molar-refractivity contribution in [1.29, 1.82) is 0 Å². The highest BCUT2D eigenvalue weighted by atomic mass is 14.8. The Hall–Kier alpha value is -2.46. The lowest BCUT2D eigenvalue weighted by molar-refractivity contribution is 0.527. The van der Waals surface area contributed by atoms with Crippen molar-refractivity contribution < 1.29 is 0 Å². The van der Waals surface area contributed by atoms with Gasteiger partial charge in [-0.05, 0) is 36.0 Å². The van der Waals surface area contributed by atoms with Crippen molar-refractivity contribution in [2.45, 2.75) is 35.9 Å². The third-order valence-electron chi connectivity index (χ3n) is 5.83. The van der Waals surface area contributed by atoms with Gasteiger partial charge in [0.15, 0.2) is 0 Å². The van der Waals surface area contributed by atoms with E-state index in [2.05, 4.69) is 54.7 Å². The van der Waals surface area contributed by atoms with Gasteiger partial charge in [-0.25, -0.2) is 0 Å². The first kappa shape index (κ1) is 17.9. The molecule has 3 aliphatic carbocycles. The molecule has 6 N–H and O–H groups in total. The average molecular weight is 358 g/mol. The van der Waals surface area contributed by atoms with Gasteiger partial charge in [-0.1, -0.05) is 91.1 Å². The maximum Gasteiger partial charge on any atom is 0.0633 e. The van der Waals surface area contributed by atoms with E-state index in [4.69, 9.17) is 17.2 Å². The summed E-state index contributed by atoms with van der Waals surface area (Å²) >= 11 is 0. The number of rotatable bonds is 3. The summed E-state index contributed by atoms with van der Waals surface area (Å²) in [5.74, 6) is 0. The second kappa shape index (κ2) is 6.61. The van der Waals surface area contributed by atoms with Crippen LogP contribution in [0.4, 0.5) is 0 Å². The fraction of sp³-hybridized carbons (Fsp3) is 0.250. The maximum absolute atomic E-state index is 6.78. The molecule has 0 fully saturated rings. The minimum atomic E-state index is -0.547. The van der Waals surface area contributed by atoms with Crippen LogP contribution in [0.5, 0.6) is 0 Å². The fourth-order valence-corrected chi connectivity index (χ4v) is 3.99. The summed E-state index contributed by atoms with van der Waals surface area (Å²) in [6.45, 7) is 0. The third kappa shape index (κ3) is 3.30. The quantitative estimate of drug-likeness (QED) is 0.772. The average Bonchev–Trinajstić information content (AvgIpc) is 2.69. The van der Waals surface area contributed by atoms with Crippen LogP contribution in [0.2, 0.25) is 0 Å². The molecule has 3 aliphatic rings. The zero-order valence-electron chi connectivity index (χ0n) is 15.5. The molecule has 1 aromatic rings. The molecule has 3 heteroatoms. The normalized spacial score (nSPS) is 34.3. The van der Waals surface area contributed by atoms with Gasteiger partial charge < -0.3 is 17.2 Å². The van der Waals surface area contributed by atoms with Crippen molar-refractivity contribution in [3.63, 3.8) is 0 Å². The van der Waals surface area contributed by atoms with Gasteiger partial charge in [-0.3, -0.25) is 0 Å². The molecule has 3 unspecified atom stereocenters. The van der Waals surface area contributed by atoms with Crippen molar-refractivity contribution in [2.24, 2.45) is 17.2 Å². The zero-order chi connectivity index (χ0) is 19.0. The summed E-state index contributed by atoms with van der Waals surface area (Å²) in [4.78, 5) is 0. The van der Waals surface area contributed by atoms with Gasteiger partial charge in [0.2, 0.25) is 0 Å². The number of hydrogen-bond donors (Lipinski definition) is 3. The van der Waals surface area contributed by atoms with Gasteiger partial charge in [-0.15, -0.1) is 0 Å². The monoisotopic (exact) mass is 357 g/mol. The Balaban J connectivity index is 1.87. The standard InChI is InChI=1S/C24H27N3/c25-22(10-4-1-5-11-22)19-16-20(23(26)12-6-2-7-13-23)18-21(17-19)24(27)14-8-3-9-15-24/h1-10,12,14,16-18H,11,13,15,25-27H2. The van der Waals surface area contributed by atoms with E-state index in [1.54, 1.807) is 0 Å². The molecule has 0 saturated heterocycles. The van der Waals surface area contributed by atoms with Crippen LogP contribution >= 0.6 is 0 Å². The summed E-state index contributed by atoms with van der Waals surface area (Å²) in [7, 11) is 0. The Kier molecular flexibility index (Phi) is 4.39. The van der Waals surface area contributed by atoms with Crippen molar-refractivity contribution in [3.05, 3.63) is 108 Å². The highest BCUT2D eigenvalue weighted by Gasteiger charge is 2.33. The smallest absolute Gasteiger partial charge is 0.0633 e. The molecule has 0 amide bonds. The molecule has 3 atom stereocenters. The van der Waals surface area contributed by atoms with E-state index in [0.717, 1.165) is 36.0 Å². The first-order chi connectivity index (χ1) is 12.9.